The fourth-order valence-corrected chi connectivity index (χ4v) is 1.60. The Hall–Kier alpha value is -0.710. The minimum atomic E-state index is -0.627. The van der Waals surface area contributed by atoms with Crippen LogP contribution in [0.5, 0.6) is 0 Å². The molecule has 0 saturated carbocycles. The van der Waals surface area contributed by atoms with Crippen LogP contribution in [0.3, 0.4) is 0 Å². The standard InChI is InChI=1S/C11H13ClF2O2/c12-6-8(7-16-4-3-15)10-2-1-9(13)5-11(10)14/h1-2,5,8,15H,3-4,6-7H2. The Labute approximate surface area is 97.8 Å². The first-order valence-corrected chi connectivity index (χ1v) is 5.42. The van der Waals surface area contributed by atoms with Crippen LogP contribution >= 0.6 is 11.6 Å². The molecule has 1 aromatic rings. The fraction of sp³-hybridized carbons (Fsp3) is 0.455. The second-order valence-electron chi connectivity index (χ2n) is 3.32. The van der Waals surface area contributed by atoms with Gasteiger partial charge in [0.05, 0.1) is 19.8 Å². The largest absolute Gasteiger partial charge is 0.394 e. The summed E-state index contributed by atoms with van der Waals surface area (Å²) in [4.78, 5) is 0. The predicted molar refractivity (Wildman–Crippen MR) is 57.7 cm³/mol. The molecule has 5 heteroatoms. The zero-order valence-corrected chi connectivity index (χ0v) is 9.38. The van der Waals surface area contributed by atoms with Gasteiger partial charge in [0.25, 0.3) is 0 Å². The van der Waals surface area contributed by atoms with E-state index in [2.05, 4.69) is 0 Å². The fourth-order valence-electron chi connectivity index (χ4n) is 1.34. The molecule has 1 N–H and O–H groups in total. The Morgan fingerprint density at radius 2 is 2.12 bits per heavy atom. The normalized spacial score (nSPS) is 12.8. The van der Waals surface area contributed by atoms with E-state index in [1.54, 1.807) is 0 Å². The smallest absolute Gasteiger partial charge is 0.129 e. The summed E-state index contributed by atoms with van der Waals surface area (Å²) in [6.07, 6.45) is 0. The van der Waals surface area contributed by atoms with Gasteiger partial charge in [-0.15, -0.1) is 11.6 Å². The van der Waals surface area contributed by atoms with Crippen LogP contribution in [0, 0.1) is 11.6 Å². The first-order valence-electron chi connectivity index (χ1n) is 4.88. The van der Waals surface area contributed by atoms with Crippen LogP contribution in [0.25, 0.3) is 0 Å². The van der Waals surface area contributed by atoms with Gasteiger partial charge in [0.15, 0.2) is 0 Å². The van der Waals surface area contributed by atoms with Gasteiger partial charge in [0.2, 0.25) is 0 Å². The van der Waals surface area contributed by atoms with Crippen LogP contribution < -0.4 is 0 Å². The van der Waals surface area contributed by atoms with Crippen molar-refractivity contribution in [3.05, 3.63) is 35.4 Å². The SMILES string of the molecule is OCCOCC(CCl)c1ccc(F)cc1F. The maximum Gasteiger partial charge on any atom is 0.129 e. The minimum Gasteiger partial charge on any atom is -0.394 e. The molecule has 2 nitrogen and oxygen atoms in total. The molecule has 1 rings (SSSR count). The lowest BCUT2D eigenvalue weighted by Crippen LogP contribution is -2.13. The summed E-state index contributed by atoms with van der Waals surface area (Å²) in [5.41, 5.74) is 0.328. The lowest BCUT2D eigenvalue weighted by Gasteiger charge is -2.15. The van der Waals surface area contributed by atoms with Gasteiger partial charge in [-0.1, -0.05) is 6.07 Å². The lowest BCUT2D eigenvalue weighted by atomic mass is 10.0. The number of hydrogen-bond donors (Lipinski definition) is 1. The Morgan fingerprint density at radius 1 is 1.38 bits per heavy atom. The van der Waals surface area contributed by atoms with E-state index in [1.807, 2.05) is 0 Å². The highest BCUT2D eigenvalue weighted by Crippen LogP contribution is 2.21. The van der Waals surface area contributed by atoms with E-state index in [1.165, 1.54) is 12.1 Å². The van der Waals surface area contributed by atoms with Gasteiger partial charge < -0.3 is 9.84 Å². The second kappa shape index (κ2) is 6.78. The number of ether oxygens (including phenoxy) is 1. The molecule has 0 amide bonds. The summed E-state index contributed by atoms with van der Waals surface area (Å²) in [5.74, 6) is -1.41. The van der Waals surface area contributed by atoms with Crippen molar-refractivity contribution >= 4 is 11.6 Å². The van der Waals surface area contributed by atoms with Crippen molar-refractivity contribution < 1.29 is 18.6 Å². The number of halogens is 3. The van der Waals surface area contributed by atoms with Crippen LogP contribution in [-0.4, -0.2) is 30.8 Å². The average molecular weight is 251 g/mol. The summed E-state index contributed by atoms with van der Waals surface area (Å²) in [6, 6.07) is 3.37. The van der Waals surface area contributed by atoms with Crippen LogP contribution in [0.2, 0.25) is 0 Å². The van der Waals surface area contributed by atoms with Crippen LogP contribution in [0.1, 0.15) is 11.5 Å². The van der Waals surface area contributed by atoms with E-state index in [0.717, 1.165) is 6.07 Å². The van der Waals surface area contributed by atoms with Crippen molar-refractivity contribution in [1.29, 1.82) is 0 Å². The van der Waals surface area contributed by atoms with Crippen molar-refractivity contribution in [2.75, 3.05) is 25.7 Å². The molecule has 1 unspecified atom stereocenters. The van der Waals surface area contributed by atoms with Crippen LogP contribution in [-0.2, 0) is 4.74 Å². The zero-order valence-electron chi connectivity index (χ0n) is 8.63. The molecule has 0 saturated heterocycles. The molecule has 16 heavy (non-hydrogen) atoms. The van der Waals surface area contributed by atoms with Crippen molar-refractivity contribution in [3.63, 3.8) is 0 Å². The summed E-state index contributed by atoms with van der Waals surface area (Å²) in [6.45, 7) is 0.281. The molecular formula is C11H13ClF2O2. The van der Waals surface area contributed by atoms with Gasteiger partial charge in [-0.25, -0.2) is 8.78 Å². The van der Waals surface area contributed by atoms with Gasteiger partial charge in [-0.05, 0) is 11.6 Å². The average Bonchev–Trinajstić information content (AvgIpc) is 2.26. The lowest BCUT2D eigenvalue weighted by molar-refractivity contribution is 0.0848. The monoisotopic (exact) mass is 250 g/mol. The third-order valence-corrected chi connectivity index (χ3v) is 2.52. The van der Waals surface area contributed by atoms with E-state index < -0.39 is 11.6 Å². The molecule has 0 fully saturated rings. The maximum atomic E-state index is 13.4. The summed E-state index contributed by atoms with van der Waals surface area (Å²) in [7, 11) is 0. The number of benzene rings is 1. The topological polar surface area (TPSA) is 29.5 Å². The molecule has 0 radical (unpaired) electrons. The molecule has 1 atom stereocenters. The van der Waals surface area contributed by atoms with E-state index in [4.69, 9.17) is 21.4 Å². The Bertz CT molecular complexity index is 334. The van der Waals surface area contributed by atoms with E-state index in [9.17, 15) is 8.78 Å². The van der Waals surface area contributed by atoms with E-state index in [0.29, 0.717) is 5.56 Å². The summed E-state index contributed by atoms with van der Waals surface area (Å²) in [5, 5.41) is 8.53. The van der Waals surface area contributed by atoms with Crippen LogP contribution in [0.15, 0.2) is 18.2 Å². The van der Waals surface area contributed by atoms with E-state index in [-0.39, 0.29) is 31.6 Å². The summed E-state index contributed by atoms with van der Waals surface area (Å²) < 4.78 is 31.2. The van der Waals surface area contributed by atoms with Gasteiger partial charge in [0, 0.05) is 17.9 Å². The molecule has 0 aliphatic rings. The van der Waals surface area contributed by atoms with Crippen molar-refractivity contribution in [2.24, 2.45) is 0 Å². The highest BCUT2D eigenvalue weighted by Gasteiger charge is 2.15. The molecule has 0 heterocycles. The molecule has 1 aromatic carbocycles. The second-order valence-corrected chi connectivity index (χ2v) is 3.62. The maximum absolute atomic E-state index is 13.4. The van der Waals surface area contributed by atoms with Gasteiger partial charge in [-0.2, -0.15) is 0 Å². The highest BCUT2D eigenvalue weighted by molar-refractivity contribution is 6.18. The Kier molecular flexibility index (Phi) is 5.66. The minimum absolute atomic E-state index is 0.0963. The Balaban J connectivity index is 2.70. The molecule has 0 spiro atoms. The quantitative estimate of drug-likeness (QED) is 0.620. The van der Waals surface area contributed by atoms with Crippen LogP contribution in [0.4, 0.5) is 8.78 Å². The van der Waals surface area contributed by atoms with Gasteiger partial charge in [-0.3, -0.25) is 0 Å². The molecule has 0 aliphatic carbocycles. The number of hydrogen-bond acceptors (Lipinski definition) is 2. The molecule has 0 bridgehead atoms. The third kappa shape index (κ3) is 3.70. The molecule has 90 valence electrons. The van der Waals surface area contributed by atoms with E-state index >= 15 is 0 Å². The number of aliphatic hydroxyl groups excluding tert-OH is 1. The number of alkyl halides is 1. The predicted octanol–water partition coefficient (Wildman–Crippen LogP) is 2.30. The van der Waals surface area contributed by atoms with Gasteiger partial charge >= 0.3 is 0 Å². The first kappa shape index (κ1) is 13.4. The molecule has 0 aromatic heterocycles. The number of rotatable bonds is 6. The van der Waals surface area contributed by atoms with Crippen molar-refractivity contribution in [1.82, 2.24) is 0 Å². The first-order chi connectivity index (χ1) is 7.69. The van der Waals surface area contributed by atoms with Gasteiger partial charge in [0.1, 0.15) is 11.6 Å². The Morgan fingerprint density at radius 3 is 2.69 bits per heavy atom. The zero-order chi connectivity index (χ0) is 12.0. The summed E-state index contributed by atoms with van der Waals surface area (Å²) >= 11 is 5.69. The third-order valence-electron chi connectivity index (χ3n) is 2.14. The molecular weight excluding hydrogens is 238 g/mol. The number of aliphatic hydroxyl groups is 1. The van der Waals surface area contributed by atoms with Crippen molar-refractivity contribution in [3.8, 4) is 0 Å². The highest BCUT2D eigenvalue weighted by atomic mass is 35.5. The molecule has 0 aliphatic heterocycles. The van der Waals surface area contributed by atoms with Crippen molar-refractivity contribution in [2.45, 2.75) is 5.92 Å².